The van der Waals surface area contributed by atoms with Crippen LogP contribution in [0.2, 0.25) is 0 Å². The molecular formula is C15H18N4O3S. The van der Waals surface area contributed by atoms with Crippen LogP contribution in [0.3, 0.4) is 0 Å². The maximum atomic E-state index is 12.4. The minimum atomic E-state index is -3.72. The number of nitrogens with one attached hydrogen (secondary N) is 2. The number of hydrogen-bond donors (Lipinski definition) is 3. The number of benzene rings is 1. The molecule has 0 saturated carbocycles. The number of amides is 1. The van der Waals surface area contributed by atoms with Crippen LogP contribution < -0.4 is 10.5 Å². The van der Waals surface area contributed by atoms with Crippen LogP contribution in [0, 0.1) is 12.8 Å². The number of nitrogens with two attached hydrogens (primary N) is 1. The van der Waals surface area contributed by atoms with Gasteiger partial charge in [-0.05, 0) is 44.0 Å². The largest absolute Gasteiger partial charge is 0.346 e. The maximum absolute atomic E-state index is 12.4. The molecule has 0 aliphatic heterocycles. The second kappa shape index (κ2) is 5.78. The third-order valence-corrected chi connectivity index (χ3v) is 4.91. The highest BCUT2D eigenvalue weighted by Crippen LogP contribution is 2.25. The lowest BCUT2D eigenvalue weighted by atomic mass is 9.89. The van der Waals surface area contributed by atoms with Crippen LogP contribution in [0.5, 0.6) is 0 Å². The fourth-order valence-electron chi connectivity index (χ4n) is 2.82. The number of sulfonamides is 1. The van der Waals surface area contributed by atoms with Gasteiger partial charge in [-0.1, -0.05) is 0 Å². The van der Waals surface area contributed by atoms with Crippen molar-refractivity contribution in [3.63, 3.8) is 0 Å². The standard InChI is InChI=1S/C15H18N4O3S/c1-9-17-13-7-2-10(8-14(13)18-9)15(20)19-11-3-5-12(6-4-11)23(16,21)22/h3-6,10H,2,7-8H2,1H3,(H,17,18)(H,19,20)(H2,16,21,22). The molecule has 7 nitrogen and oxygen atoms in total. The number of aryl methyl sites for hydroxylation is 2. The summed E-state index contributed by atoms with van der Waals surface area (Å²) in [7, 11) is -3.72. The fraction of sp³-hybridized carbons (Fsp3) is 0.333. The maximum Gasteiger partial charge on any atom is 0.238 e. The molecule has 4 N–H and O–H groups in total. The van der Waals surface area contributed by atoms with E-state index in [1.165, 1.54) is 24.3 Å². The number of carbonyl (C=O) groups is 1. The SMILES string of the molecule is Cc1nc2c([nH]1)CC(C(=O)Nc1ccc(S(N)(=O)=O)cc1)CC2. The first-order chi connectivity index (χ1) is 10.8. The molecule has 122 valence electrons. The lowest BCUT2D eigenvalue weighted by molar-refractivity contribution is -0.120. The Labute approximate surface area is 134 Å². The molecular weight excluding hydrogens is 316 g/mol. The van der Waals surface area contributed by atoms with Crippen molar-refractivity contribution < 1.29 is 13.2 Å². The number of imidazole rings is 1. The summed E-state index contributed by atoms with van der Waals surface area (Å²) in [5.74, 6) is 0.668. The highest BCUT2D eigenvalue weighted by molar-refractivity contribution is 7.89. The van der Waals surface area contributed by atoms with Gasteiger partial charge >= 0.3 is 0 Å². The molecule has 3 rings (SSSR count). The topological polar surface area (TPSA) is 118 Å². The smallest absolute Gasteiger partial charge is 0.238 e. The van der Waals surface area contributed by atoms with Gasteiger partial charge < -0.3 is 10.3 Å². The second-order valence-corrected chi connectivity index (χ2v) is 7.31. The van der Waals surface area contributed by atoms with Gasteiger partial charge in [0.2, 0.25) is 15.9 Å². The van der Waals surface area contributed by atoms with E-state index < -0.39 is 10.0 Å². The highest BCUT2D eigenvalue weighted by Gasteiger charge is 2.26. The van der Waals surface area contributed by atoms with Crippen LogP contribution in [-0.4, -0.2) is 24.3 Å². The van der Waals surface area contributed by atoms with Crippen LogP contribution in [0.4, 0.5) is 5.69 Å². The average Bonchev–Trinajstić information content (AvgIpc) is 2.85. The van der Waals surface area contributed by atoms with Crippen molar-refractivity contribution in [2.75, 3.05) is 5.32 Å². The summed E-state index contributed by atoms with van der Waals surface area (Å²) >= 11 is 0. The van der Waals surface area contributed by atoms with Crippen molar-refractivity contribution in [3.05, 3.63) is 41.5 Å². The number of aromatic nitrogens is 2. The Bertz CT molecular complexity index is 840. The fourth-order valence-corrected chi connectivity index (χ4v) is 3.33. The number of aromatic amines is 1. The molecule has 0 fully saturated rings. The van der Waals surface area contributed by atoms with E-state index in [0.29, 0.717) is 12.1 Å². The molecule has 8 heteroatoms. The van der Waals surface area contributed by atoms with Crippen LogP contribution in [0.1, 0.15) is 23.6 Å². The molecule has 1 aliphatic carbocycles. The molecule has 1 aliphatic rings. The highest BCUT2D eigenvalue weighted by atomic mass is 32.2. The molecule has 1 heterocycles. The first-order valence-electron chi connectivity index (χ1n) is 7.31. The summed E-state index contributed by atoms with van der Waals surface area (Å²) in [5, 5.41) is 7.87. The van der Waals surface area contributed by atoms with Crippen molar-refractivity contribution >= 4 is 21.6 Å². The Hall–Kier alpha value is -2.19. The van der Waals surface area contributed by atoms with E-state index in [4.69, 9.17) is 5.14 Å². The van der Waals surface area contributed by atoms with Gasteiger partial charge in [-0.25, -0.2) is 18.5 Å². The van der Waals surface area contributed by atoms with E-state index in [1.807, 2.05) is 6.92 Å². The molecule has 1 aromatic heterocycles. The molecule has 1 atom stereocenters. The summed E-state index contributed by atoms with van der Waals surface area (Å²) in [6.45, 7) is 1.90. The Morgan fingerprint density at radius 2 is 2.04 bits per heavy atom. The van der Waals surface area contributed by atoms with Gasteiger partial charge in [-0.15, -0.1) is 0 Å². The molecule has 1 unspecified atom stereocenters. The molecule has 0 saturated heterocycles. The Morgan fingerprint density at radius 3 is 2.70 bits per heavy atom. The number of rotatable bonds is 3. The van der Waals surface area contributed by atoms with E-state index >= 15 is 0 Å². The molecule has 23 heavy (non-hydrogen) atoms. The van der Waals surface area contributed by atoms with E-state index in [1.54, 1.807) is 0 Å². The van der Waals surface area contributed by atoms with Crippen LogP contribution in [0.15, 0.2) is 29.2 Å². The van der Waals surface area contributed by atoms with Crippen molar-refractivity contribution in [1.29, 1.82) is 0 Å². The predicted molar refractivity (Wildman–Crippen MR) is 85.3 cm³/mol. The number of nitrogens with zero attached hydrogens (tertiary/aromatic N) is 1. The van der Waals surface area contributed by atoms with E-state index in [9.17, 15) is 13.2 Å². The quantitative estimate of drug-likeness (QED) is 0.779. The molecule has 0 spiro atoms. The van der Waals surface area contributed by atoms with Crippen molar-refractivity contribution in [1.82, 2.24) is 9.97 Å². The zero-order valence-electron chi connectivity index (χ0n) is 12.7. The van der Waals surface area contributed by atoms with Crippen molar-refractivity contribution in [2.24, 2.45) is 11.1 Å². The van der Waals surface area contributed by atoms with Crippen LogP contribution in [-0.2, 0) is 27.7 Å². The van der Waals surface area contributed by atoms with Gasteiger partial charge in [0, 0.05) is 23.7 Å². The van der Waals surface area contributed by atoms with Gasteiger partial charge in [0.25, 0.3) is 0 Å². The second-order valence-electron chi connectivity index (χ2n) is 5.75. The predicted octanol–water partition coefficient (Wildman–Crippen LogP) is 1.11. The minimum Gasteiger partial charge on any atom is -0.346 e. The van der Waals surface area contributed by atoms with Gasteiger partial charge in [0.15, 0.2) is 0 Å². The number of H-pyrrole nitrogens is 1. The Kier molecular flexibility index (Phi) is 3.95. The number of hydrogen-bond acceptors (Lipinski definition) is 4. The molecule has 1 amide bonds. The first kappa shape index (κ1) is 15.7. The number of fused-ring (bicyclic) bond motifs is 1. The number of primary sulfonamides is 1. The van der Waals surface area contributed by atoms with Crippen molar-refractivity contribution in [3.8, 4) is 0 Å². The summed E-state index contributed by atoms with van der Waals surface area (Å²) < 4.78 is 22.4. The summed E-state index contributed by atoms with van der Waals surface area (Å²) in [5.41, 5.74) is 2.62. The zero-order valence-corrected chi connectivity index (χ0v) is 13.5. The molecule has 0 radical (unpaired) electrons. The van der Waals surface area contributed by atoms with E-state index in [-0.39, 0.29) is 16.7 Å². The van der Waals surface area contributed by atoms with Gasteiger partial charge in [-0.3, -0.25) is 4.79 Å². The third kappa shape index (κ3) is 3.43. The van der Waals surface area contributed by atoms with E-state index in [0.717, 1.165) is 30.1 Å². The van der Waals surface area contributed by atoms with Crippen LogP contribution in [0.25, 0.3) is 0 Å². The van der Waals surface area contributed by atoms with Gasteiger partial charge in [0.1, 0.15) is 5.82 Å². The summed E-state index contributed by atoms with van der Waals surface area (Å²) in [6.07, 6.45) is 2.16. The normalized spacial score (nSPS) is 17.6. The number of carbonyl (C=O) groups excluding carboxylic acids is 1. The lowest BCUT2D eigenvalue weighted by Gasteiger charge is -2.20. The number of anilines is 1. The minimum absolute atomic E-state index is 0.0192. The van der Waals surface area contributed by atoms with Crippen LogP contribution >= 0.6 is 0 Å². The monoisotopic (exact) mass is 334 g/mol. The summed E-state index contributed by atoms with van der Waals surface area (Å²) in [4.78, 5) is 20.0. The zero-order chi connectivity index (χ0) is 16.6. The summed E-state index contributed by atoms with van der Waals surface area (Å²) in [6, 6.07) is 5.82. The van der Waals surface area contributed by atoms with E-state index in [2.05, 4.69) is 15.3 Å². The van der Waals surface area contributed by atoms with Gasteiger partial charge in [-0.2, -0.15) is 0 Å². The molecule has 0 bridgehead atoms. The average molecular weight is 334 g/mol. The third-order valence-electron chi connectivity index (χ3n) is 3.98. The lowest BCUT2D eigenvalue weighted by Crippen LogP contribution is -2.28. The van der Waals surface area contributed by atoms with Crippen molar-refractivity contribution in [2.45, 2.75) is 31.1 Å². The molecule has 1 aromatic carbocycles. The Balaban J connectivity index is 1.68. The molecule has 2 aromatic rings. The Morgan fingerprint density at radius 1 is 1.35 bits per heavy atom. The van der Waals surface area contributed by atoms with Gasteiger partial charge in [0.05, 0.1) is 10.6 Å². The first-order valence-corrected chi connectivity index (χ1v) is 8.85.